The summed E-state index contributed by atoms with van der Waals surface area (Å²) in [7, 11) is 1.68. The molecule has 42 heavy (non-hydrogen) atoms. The van der Waals surface area contributed by atoms with E-state index in [-0.39, 0.29) is 36.3 Å². The van der Waals surface area contributed by atoms with Gasteiger partial charge in [-0.1, -0.05) is 30.4 Å². The Morgan fingerprint density at radius 1 is 0.929 bits per heavy atom. The van der Waals surface area contributed by atoms with E-state index in [1.165, 1.54) is 18.3 Å². The van der Waals surface area contributed by atoms with Crippen molar-refractivity contribution < 1.29 is 19.0 Å². The molecule has 0 aliphatic rings. The minimum absolute atomic E-state index is 0.0182. The predicted molar refractivity (Wildman–Crippen MR) is 158 cm³/mol. The molecule has 3 heterocycles. The van der Waals surface area contributed by atoms with Crippen molar-refractivity contribution in [1.29, 1.82) is 5.41 Å². The summed E-state index contributed by atoms with van der Waals surface area (Å²) in [6.07, 6.45) is 7.22. The lowest BCUT2D eigenvalue weighted by Gasteiger charge is -2.04. The van der Waals surface area contributed by atoms with Gasteiger partial charge in [-0.15, -0.1) is 0 Å². The minimum Gasteiger partial charge on any atom is -0.388 e. The number of fused-ring (bicyclic) bond motifs is 1. The number of amidine groups is 1. The van der Waals surface area contributed by atoms with Crippen molar-refractivity contribution in [2.24, 2.45) is 12.8 Å². The van der Waals surface area contributed by atoms with E-state index in [1.807, 2.05) is 42.5 Å². The maximum atomic E-state index is 12.8. The third kappa shape index (κ3) is 6.59. The van der Waals surface area contributed by atoms with Gasteiger partial charge >= 0.3 is 0 Å². The summed E-state index contributed by atoms with van der Waals surface area (Å²) < 4.78 is 6.30. The monoisotopic (exact) mass is 565 g/mol. The van der Waals surface area contributed by atoms with Gasteiger partial charge in [0.15, 0.2) is 0 Å². The number of carbonyl (C=O) groups is 3. The van der Waals surface area contributed by atoms with E-state index in [2.05, 4.69) is 31.2 Å². The molecule has 0 saturated carbocycles. The molecule has 0 fully saturated rings. The summed E-state index contributed by atoms with van der Waals surface area (Å²) >= 11 is 0. The third-order valence-electron chi connectivity index (χ3n) is 6.28. The Hall–Kier alpha value is -5.98. The van der Waals surface area contributed by atoms with Gasteiger partial charge < -0.3 is 31.2 Å². The molecular formula is C29H27N9O4. The molecule has 5 rings (SSSR count). The number of anilines is 2. The molecule has 5 aromatic rings. The zero-order valence-corrected chi connectivity index (χ0v) is 22.5. The highest BCUT2D eigenvalue weighted by atomic mass is 16.6. The van der Waals surface area contributed by atoms with Crippen molar-refractivity contribution in [3.05, 3.63) is 95.1 Å². The van der Waals surface area contributed by atoms with Crippen LogP contribution in [0.15, 0.2) is 71.6 Å². The number of hydrogen-bond acceptors (Lipinski definition) is 7. The number of nitrogens with two attached hydrogens (primary N) is 1. The molecule has 0 radical (unpaired) electrons. The van der Waals surface area contributed by atoms with Crippen LogP contribution in [0.2, 0.25) is 0 Å². The second kappa shape index (κ2) is 12.0. The molecule has 212 valence electrons. The normalized spacial score (nSPS) is 11.1. The molecule has 0 unspecified atom stereocenters. The number of hydrogen-bond donors (Lipinski definition) is 6. The fourth-order valence-corrected chi connectivity index (χ4v) is 4.10. The van der Waals surface area contributed by atoms with Crippen LogP contribution in [0.4, 0.5) is 11.4 Å². The predicted octanol–water partition coefficient (Wildman–Crippen LogP) is 3.62. The Labute approximate surface area is 239 Å². The van der Waals surface area contributed by atoms with Crippen molar-refractivity contribution in [1.82, 2.24) is 25.2 Å². The lowest BCUT2D eigenvalue weighted by Crippen LogP contribution is -2.28. The Bertz CT molecular complexity index is 1810. The van der Waals surface area contributed by atoms with E-state index in [4.69, 9.17) is 15.8 Å². The Morgan fingerprint density at radius 2 is 1.64 bits per heavy atom. The molecule has 0 bridgehead atoms. The Balaban J connectivity index is 1.15. The van der Waals surface area contributed by atoms with Crippen LogP contribution < -0.4 is 21.7 Å². The standard InChI is InChI=1S/C29H27N9O4/c1-38-16-21(14-25(38)29(41)32-11-10-26(30)31)35-28(40)24-13-20(15-33-24)34-27(39)19-7-4-17(5-8-19)2-3-18-6-9-22-23(12-18)37-42-36-22/h2-9,12-16,33H,10-11H2,1H3,(H3,30,31)(H,32,41)(H,34,39)(H,35,40)/b3-2+. The van der Waals surface area contributed by atoms with Crippen LogP contribution in [-0.2, 0) is 7.05 Å². The largest absolute Gasteiger partial charge is 0.388 e. The lowest BCUT2D eigenvalue weighted by atomic mass is 10.1. The Morgan fingerprint density at radius 3 is 2.43 bits per heavy atom. The van der Waals surface area contributed by atoms with Gasteiger partial charge in [0.1, 0.15) is 22.4 Å². The lowest BCUT2D eigenvalue weighted by molar-refractivity contribution is 0.0945. The van der Waals surface area contributed by atoms with Crippen molar-refractivity contribution >= 4 is 58.1 Å². The van der Waals surface area contributed by atoms with Crippen LogP contribution in [-0.4, -0.2) is 50.0 Å². The van der Waals surface area contributed by atoms with Gasteiger partial charge in [-0.2, -0.15) is 0 Å². The molecule has 0 aliphatic carbocycles. The molecule has 3 amide bonds. The summed E-state index contributed by atoms with van der Waals surface area (Å²) in [5.41, 5.74) is 10.4. The number of H-pyrrole nitrogens is 1. The van der Waals surface area contributed by atoms with Gasteiger partial charge in [0.25, 0.3) is 17.7 Å². The van der Waals surface area contributed by atoms with Crippen LogP contribution in [0.25, 0.3) is 23.2 Å². The number of amides is 3. The van der Waals surface area contributed by atoms with E-state index in [0.717, 1.165) is 11.1 Å². The highest BCUT2D eigenvalue weighted by Gasteiger charge is 2.16. The van der Waals surface area contributed by atoms with E-state index in [9.17, 15) is 14.4 Å². The number of rotatable bonds is 10. The number of aromatic amines is 1. The zero-order chi connectivity index (χ0) is 29.6. The smallest absolute Gasteiger partial charge is 0.272 e. The highest BCUT2D eigenvalue weighted by molar-refractivity contribution is 6.07. The van der Waals surface area contributed by atoms with Crippen molar-refractivity contribution in [2.75, 3.05) is 17.2 Å². The maximum Gasteiger partial charge on any atom is 0.272 e. The molecule has 0 saturated heterocycles. The van der Waals surface area contributed by atoms with Crippen LogP contribution in [0.5, 0.6) is 0 Å². The van der Waals surface area contributed by atoms with Gasteiger partial charge in [0.2, 0.25) is 0 Å². The van der Waals surface area contributed by atoms with Gasteiger partial charge in [-0.25, -0.2) is 4.63 Å². The fourth-order valence-electron chi connectivity index (χ4n) is 4.10. The zero-order valence-electron chi connectivity index (χ0n) is 22.5. The van der Waals surface area contributed by atoms with Gasteiger partial charge in [0, 0.05) is 38.0 Å². The van der Waals surface area contributed by atoms with Crippen LogP contribution in [0.3, 0.4) is 0 Å². The van der Waals surface area contributed by atoms with E-state index in [0.29, 0.717) is 33.7 Å². The van der Waals surface area contributed by atoms with Gasteiger partial charge in [-0.05, 0) is 57.8 Å². The van der Waals surface area contributed by atoms with Crippen molar-refractivity contribution in [3.8, 4) is 0 Å². The number of nitrogens with one attached hydrogen (secondary N) is 5. The third-order valence-corrected chi connectivity index (χ3v) is 6.28. The first kappa shape index (κ1) is 27.6. The summed E-state index contributed by atoms with van der Waals surface area (Å²) in [4.78, 5) is 40.7. The summed E-state index contributed by atoms with van der Waals surface area (Å²) in [5.74, 6) is -1.14. The van der Waals surface area contributed by atoms with Crippen LogP contribution in [0.1, 0.15) is 48.9 Å². The molecule has 0 aliphatic heterocycles. The topological polar surface area (TPSA) is 197 Å². The summed E-state index contributed by atoms with van der Waals surface area (Å²) in [5, 5.41) is 23.0. The average molecular weight is 566 g/mol. The quantitative estimate of drug-likeness (QED) is 0.0844. The summed E-state index contributed by atoms with van der Waals surface area (Å²) in [6.45, 7) is 0.236. The van der Waals surface area contributed by atoms with E-state index < -0.39 is 5.91 Å². The maximum absolute atomic E-state index is 12.8. The summed E-state index contributed by atoms with van der Waals surface area (Å²) in [6, 6.07) is 15.7. The molecule has 0 spiro atoms. The van der Waals surface area contributed by atoms with E-state index >= 15 is 0 Å². The number of nitrogens with zero attached hydrogens (tertiary/aromatic N) is 3. The second-order valence-electron chi connectivity index (χ2n) is 9.43. The van der Waals surface area contributed by atoms with Crippen molar-refractivity contribution in [3.63, 3.8) is 0 Å². The molecular weight excluding hydrogens is 538 g/mol. The van der Waals surface area contributed by atoms with Gasteiger partial charge in [-0.3, -0.25) is 19.8 Å². The first-order valence-electron chi connectivity index (χ1n) is 12.8. The first-order valence-corrected chi connectivity index (χ1v) is 12.8. The van der Waals surface area contributed by atoms with Gasteiger partial charge in [0.05, 0.1) is 17.2 Å². The van der Waals surface area contributed by atoms with Crippen LogP contribution in [0, 0.1) is 5.41 Å². The number of aromatic nitrogens is 4. The second-order valence-corrected chi connectivity index (χ2v) is 9.43. The molecule has 3 aromatic heterocycles. The fraction of sp³-hybridized carbons (Fsp3) is 0.103. The number of aryl methyl sites for hydroxylation is 1. The Kier molecular flexibility index (Phi) is 7.91. The van der Waals surface area contributed by atoms with Crippen LogP contribution >= 0.6 is 0 Å². The average Bonchev–Trinajstić information content (AvgIpc) is 3.71. The molecule has 7 N–H and O–H groups in total. The van der Waals surface area contributed by atoms with Crippen molar-refractivity contribution in [2.45, 2.75) is 6.42 Å². The molecule has 2 aromatic carbocycles. The van der Waals surface area contributed by atoms with E-state index in [1.54, 1.807) is 29.9 Å². The molecule has 13 nitrogen and oxygen atoms in total. The number of benzene rings is 2. The molecule has 13 heteroatoms. The molecule has 0 atom stereocenters. The first-order chi connectivity index (χ1) is 20.2. The SMILES string of the molecule is Cn1cc(NC(=O)c2cc(NC(=O)c3ccc(/C=C/c4ccc5nonc5c4)cc3)c[nH]2)cc1C(=O)NCCC(=N)N. The highest BCUT2D eigenvalue weighted by Crippen LogP contribution is 2.18. The minimum atomic E-state index is -0.445. The number of carbonyl (C=O) groups excluding carboxylic acids is 3.